The van der Waals surface area contributed by atoms with Crippen LogP contribution in [0.4, 0.5) is 18.9 Å². The fourth-order valence-electron chi connectivity index (χ4n) is 1.88. The number of alkyl halides is 3. The summed E-state index contributed by atoms with van der Waals surface area (Å²) in [5, 5.41) is 7.18. The van der Waals surface area contributed by atoms with Crippen LogP contribution in [0.5, 0.6) is 0 Å². The third-order valence-corrected chi connectivity index (χ3v) is 2.90. The number of halogens is 3. The zero-order valence-corrected chi connectivity index (χ0v) is 11.9. The molecule has 2 rings (SSSR count). The molecule has 114 valence electrons. The van der Waals surface area contributed by atoms with Crippen LogP contribution in [0.25, 0.3) is 0 Å². The van der Waals surface area contributed by atoms with Crippen molar-refractivity contribution in [2.45, 2.75) is 33.1 Å². The standard InChI is InChI=1S/C14H17F3N4/c1-10(2)8-21-13(19-9-20-21)7-18-12-5-3-11(4-6-12)14(15,16)17/h3-6,9-10,18H,7-8H2,1-2H3. The molecule has 0 fully saturated rings. The highest BCUT2D eigenvalue weighted by Gasteiger charge is 2.29. The van der Waals surface area contributed by atoms with Crippen molar-refractivity contribution in [3.05, 3.63) is 42.0 Å². The Kier molecular flexibility index (Phi) is 4.50. The zero-order valence-electron chi connectivity index (χ0n) is 11.9. The Morgan fingerprint density at radius 1 is 1.19 bits per heavy atom. The molecule has 2 aromatic rings. The SMILES string of the molecule is CC(C)Cn1ncnc1CNc1ccc(C(F)(F)F)cc1. The van der Waals surface area contributed by atoms with E-state index < -0.39 is 11.7 Å². The van der Waals surface area contributed by atoms with Crippen molar-refractivity contribution >= 4 is 5.69 Å². The maximum Gasteiger partial charge on any atom is 0.416 e. The summed E-state index contributed by atoms with van der Waals surface area (Å²) >= 11 is 0. The Morgan fingerprint density at radius 2 is 1.86 bits per heavy atom. The predicted octanol–water partition coefficient (Wildman–Crippen LogP) is 3.57. The van der Waals surface area contributed by atoms with Crippen molar-refractivity contribution in [3.8, 4) is 0 Å². The molecule has 0 aliphatic heterocycles. The number of anilines is 1. The van der Waals surface area contributed by atoms with Crippen LogP contribution >= 0.6 is 0 Å². The average Bonchev–Trinajstić information content (AvgIpc) is 2.82. The van der Waals surface area contributed by atoms with Crippen LogP contribution in [0.15, 0.2) is 30.6 Å². The van der Waals surface area contributed by atoms with E-state index in [0.717, 1.165) is 24.5 Å². The highest BCUT2D eigenvalue weighted by atomic mass is 19.4. The molecule has 0 amide bonds. The molecule has 0 aliphatic rings. The Labute approximate surface area is 121 Å². The molecule has 0 atom stereocenters. The molecule has 0 bridgehead atoms. The molecule has 1 heterocycles. The zero-order chi connectivity index (χ0) is 15.5. The van der Waals surface area contributed by atoms with E-state index in [4.69, 9.17) is 0 Å². The highest BCUT2D eigenvalue weighted by Crippen LogP contribution is 2.29. The smallest absolute Gasteiger partial charge is 0.378 e. The first kappa shape index (κ1) is 15.3. The van der Waals surface area contributed by atoms with Crippen molar-refractivity contribution in [2.75, 3.05) is 5.32 Å². The predicted molar refractivity (Wildman–Crippen MR) is 73.6 cm³/mol. The molecule has 21 heavy (non-hydrogen) atoms. The lowest BCUT2D eigenvalue weighted by Crippen LogP contribution is -2.13. The van der Waals surface area contributed by atoms with Crippen molar-refractivity contribution in [1.29, 1.82) is 0 Å². The molecule has 1 aromatic carbocycles. The lowest BCUT2D eigenvalue weighted by Gasteiger charge is -2.11. The summed E-state index contributed by atoms with van der Waals surface area (Å²) in [7, 11) is 0. The topological polar surface area (TPSA) is 42.7 Å². The van der Waals surface area contributed by atoms with Crippen LogP contribution in [-0.2, 0) is 19.3 Å². The number of aromatic nitrogens is 3. The van der Waals surface area contributed by atoms with Gasteiger partial charge in [-0.3, -0.25) is 0 Å². The van der Waals surface area contributed by atoms with Crippen molar-refractivity contribution < 1.29 is 13.2 Å². The third kappa shape index (κ3) is 4.21. The maximum absolute atomic E-state index is 12.5. The van der Waals surface area contributed by atoms with Gasteiger partial charge in [-0.2, -0.15) is 18.3 Å². The first-order valence-electron chi connectivity index (χ1n) is 6.64. The summed E-state index contributed by atoms with van der Waals surface area (Å²) in [6.07, 6.45) is -2.83. The Balaban J connectivity index is 1.99. The van der Waals surface area contributed by atoms with E-state index >= 15 is 0 Å². The second-order valence-corrected chi connectivity index (χ2v) is 5.18. The van der Waals surface area contributed by atoms with E-state index in [9.17, 15) is 13.2 Å². The summed E-state index contributed by atoms with van der Waals surface area (Å²) in [6, 6.07) is 4.93. The van der Waals surface area contributed by atoms with Crippen LogP contribution in [0.2, 0.25) is 0 Å². The number of rotatable bonds is 5. The van der Waals surface area contributed by atoms with Crippen LogP contribution in [0.3, 0.4) is 0 Å². The molecule has 0 radical (unpaired) electrons. The fraction of sp³-hybridized carbons (Fsp3) is 0.429. The van der Waals surface area contributed by atoms with Crippen molar-refractivity contribution in [3.63, 3.8) is 0 Å². The van der Waals surface area contributed by atoms with Gasteiger partial charge in [-0.1, -0.05) is 13.8 Å². The van der Waals surface area contributed by atoms with Crippen molar-refractivity contribution in [2.24, 2.45) is 5.92 Å². The number of hydrogen-bond acceptors (Lipinski definition) is 3. The van der Waals surface area contributed by atoms with Gasteiger partial charge >= 0.3 is 6.18 Å². The summed E-state index contributed by atoms with van der Waals surface area (Å²) in [6.45, 7) is 5.33. The second-order valence-electron chi connectivity index (χ2n) is 5.18. The van der Waals surface area contributed by atoms with E-state index in [2.05, 4.69) is 29.2 Å². The Morgan fingerprint density at radius 3 is 2.43 bits per heavy atom. The fourth-order valence-corrected chi connectivity index (χ4v) is 1.88. The first-order chi connectivity index (χ1) is 9.86. The Bertz CT molecular complexity index is 573. The molecule has 0 aliphatic carbocycles. The molecule has 0 unspecified atom stereocenters. The van der Waals surface area contributed by atoms with Gasteiger partial charge in [0.05, 0.1) is 12.1 Å². The molecular formula is C14H17F3N4. The first-order valence-corrected chi connectivity index (χ1v) is 6.64. The van der Waals surface area contributed by atoms with Gasteiger partial charge in [0, 0.05) is 12.2 Å². The highest BCUT2D eigenvalue weighted by molar-refractivity contribution is 5.45. The molecule has 4 nitrogen and oxygen atoms in total. The van der Waals surface area contributed by atoms with Crippen LogP contribution < -0.4 is 5.32 Å². The summed E-state index contributed by atoms with van der Waals surface area (Å²) in [5.74, 6) is 1.19. The van der Waals surface area contributed by atoms with Gasteiger partial charge < -0.3 is 5.32 Å². The minimum absolute atomic E-state index is 0.415. The lowest BCUT2D eigenvalue weighted by molar-refractivity contribution is -0.137. The van der Waals surface area contributed by atoms with Gasteiger partial charge in [-0.05, 0) is 30.2 Å². The minimum Gasteiger partial charge on any atom is -0.378 e. The van der Waals surface area contributed by atoms with Crippen LogP contribution in [-0.4, -0.2) is 14.8 Å². The quantitative estimate of drug-likeness (QED) is 0.917. The van der Waals surface area contributed by atoms with E-state index in [1.807, 2.05) is 0 Å². The van der Waals surface area contributed by atoms with Crippen molar-refractivity contribution in [1.82, 2.24) is 14.8 Å². The van der Waals surface area contributed by atoms with E-state index in [-0.39, 0.29) is 0 Å². The molecule has 0 saturated carbocycles. The van der Waals surface area contributed by atoms with E-state index in [1.54, 1.807) is 4.68 Å². The molecule has 1 N–H and O–H groups in total. The molecule has 0 saturated heterocycles. The normalized spacial score (nSPS) is 11.9. The maximum atomic E-state index is 12.5. The molecule has 1 aromatic heterocycles. The van der Waals surface area contributed by atoms with Gasteiger partial charge in [-0.15, -0.1) is 0 Å². The molecule has 7 heteroatoms. The third-order valence-electron chi connectivity index (χ3n) is 2.90. The van der Waals surface area contributed by atoms with E-state index in [0.29, 0.717) is 18.2 Å². The van der Waals surface area contributed by atoms with Gasteiger partial charge in [0.2, 0.25) is 0 Å². The van der Waals surface area contributed by atoms with Gasteiger partial charge in [-0.25, -0.2) is 9.67 Å². The average molecular weight is 298 g/mol. The molecular weight excluding hydrogens is 281 g/mol. The largest absolute Gasteiger partial charge is 0.416 e. The monoisotopic (exact) mass is 298 g/mol. The summed E-state index contributed by atoms with van der Waals surface area (Å²) < 4.78 is 39.2. The van der Waals surface area contributed by atoms with Gasteiger partial charge in [0.15, 0.2) is 0 Å². The van der Waals surface area contributed by atoms with Gasteiger partial charge in [0.1, 0.15) is 12.2 Å². The summed E-state index contributed by atoms with van der Waals surface area (Å²) in [5.41, 5.74) is -0.0434. The molecule has 0 spiro atoms. The number of hydrogen-bond donors (Lipinski definition) is 1. The number of nitrogens with zero attached hydrogens (tertiary/aromatic N) is 3. The number of nitrogens with one attached hydrogen (secondary N) is 1. The second kappa shape index (κ2) is 6.15. The Hall–Kier alpha value is -2.05. The minimum atomic E-state index is -4.31. The number of benzene rings is 1. The van der Waals surface area contributed by atoms with Crippen LogP contribution in [0, 0.1) is 5.92 Å². The van der Waals surface area contributed by atoms with E-state index in [1.165, 1.54) is 18.5 Å². The summed E-state index contributed by atoms with van der Waals surface area (Å²) in [4.78, 5) is 4.15. The van der Waals surface area contributed by atoms with Crippen LogP contribution in [0.1, 0.15) is 25.2 Å². The van der Waals surface area contributed by atoms with Gasteiger partial charge in [0.25, 0.3) is 0 Å². The lowest BCUT2D eigenvalue weighted by atomic mass is 10.2.